The summed E-state index contributed by atoms with van der Waals surface area (Å²) < 4.78 is 1.86. The van der Waals surface area contributed by atoms with Crippen molar-refractivity contribution in [1.29, 1.82) is 0 Å². The third-order valence-electron chi connectivity index (χ3n) is 2.20. The fraction of sp³-hybridized carbons (Fsp3) is 0.400. The Labute approximate surface area is 98.5 Å². The molecule has 0 aliphatic rings. The Morgan fingerprint density at radius 2 is 2.19 bits per heavy atom. The van der Waals surface area contributed by atoms with E-state index in [4.69, 9.17) is 11.6 Å². The highest BCUT2D eigenvalue weighted by molar-refractivity contribution is 6.28. The molecule has 0 aliphatic heterocycles. The molecule has 16 heavy (non-hydrogen) atoms. The van der Waals surface area contributed by atoms with Crippen molar-refractivity contribution >= 4 is 11.6 Å². The van der Waals surface area contributed by atoms with Crippen molar-refractivity contribution in [3.8, 4) is 0 Å². The first-order valence-corrected chi connectivity index (χ1v) is 5.53. The standard InChI is InChI=1S/C10H12ClN5/c1-2-4-9-14-15-10(11)16(9)7-8-5-3-6-12-13-8/h3,5-6H,2,4,7H2,1H3. The lowest BCUT2D eigenvalue weighted by Crippen LogP contribution is -2.07. The molecule has 2 heterocycles. The van der Waals surface area contributed by atoms with Crippen LogP contribution < -0.4 is 0 Å². The van der Waals surface area contributed by atoms with Gasteiger partial charge in [0.15, 0.2) is 0 Å². The van der Waals surface area contributed by atoms with Gasteiger partial charge in [0.2, 0.25) is 5.28 Å². The molecule has 0 amide bonds. The van der Waals surface area contributed by atoms with Crippen LogP contribution in [-0.2, 0) is 13.0 Å². The second-order valence-corrected chi connectivity index (χ2v) is 3.77. The quantitative estimate of drug-likeness (QED) is 0.813. The summed E-state index contributed by atoms with van der Waals surface area (Å²) in [5, 5.41) is 16.1. The zero-order chi connectivity index (χ0) is 11.4. The summed E-state index contributed by atoms with van der Waals surface area (Å²) in [6.45, 7) is 2.66. The fourth-order valence-corrected chi connectivity index (χ4v) is 1.65. The van der Waals surface area contributed by atoms with E-state index in [1.54, 1.807) is 6.20 Å². The minimum atomic E-state index is 0.397. The Bertz CT molecular complexity index is 453. The molecule has 0 radical (unpaired) electrons. The predicted molar refractivity (Wildman–Crippen MR) is 60.2 cm³/mol. The van der Waals surface area contributed by atoms with E-state index in [9.17, 15) is 0 Å². The van der Waals surface area contributed by atoms with Gasteiger partial charge in [-0.15, -0.1) is 10.2 Å². The van der Waals surface area contributed by atoms with Gasteiger partial charge in [-0.05, 0) is 30.2 Å². The Morgan fingerprint density at radius 1 is 1.31 bits per heavy atom. The van der Waals surface area contributed by atoms with E-state index in [1.807, 2.05) is 16.7 Å². The van der Waals surface area contributed by atoms with Crippen LogP contribution in [-0.4, -0.2) is 25.0 Å². The smallest absolute Gasteiger partial charge is 0.225 e. The Morgan fingerprint density at radius 3 is 2.88 bits per heavy atom. The normalized spacial score (nSPS) is 10.6. The van der Waals surface area contributed by atoms with Crippen molar-refractivity contribution in [1.82, 2.24) is 25.0 Å². The summed E-state index contributed by atoms with van der Waals surface area (Å²) in [6, 6.07) is 3.75. The van der Waals surface area contributed by atoms with Crippen molar-refractivity contribution in [2.24, 2.45) is 0 Å². The lowest BCUT2D eigenvalue weighted by Gasteiger charge is -2.05. The van der Waals surface area contributed by atoms with E-state index in [-0.39, 0.29) is 0 Å². The number of hydrogen-bond donors (Lipinski definition) is 0. The Hall–Kier alpha value is -1.49. The van der Waals surface area contributed by atoms with Gasteiger partial charge in [0.05, 0.1) is 12.2 Å². The summed E-state index contributed by atoms with van der Waals surface area (Å²) in [4.78, 5) is 0. The molecule has 5 nitrogen and oxygen atoms in total. The number of aryl methyl sites for hydroxylation is 1. The van der Waals surface area contributed by atoms with Crippen molar-refractivity contribution in [2.75, 3.05) is 0 Å². The van der Waals surface area contributed by atoms with Gasteiger partial charge >= 0.3 is 0 Å². The highest BCUT2D eigenvalue weighted by Gasteiger charge is 2.10. The number of aromatic nitrogens is 5. The molecule has 0 saturated heterocycles. The van der Waals surface area contributed by atoms with Crippen molar-refractivity contribution in [3.63, 3.8) is 0 Å². The molecule has 2 rings (SSSR count). The molecule has 0 saturated carbocycles. The molecule has 0 aromatic carbocycles. The second-order valence-electron chi connectivity index (χ2n) is 3.44. The topological polar surface area (TPSA) is 56.5 Å². The number of hydrogen-bond acceptors (Lipinski definition) is 4. The molecular formula is C10H12ClN5. The van der Waals surface area contributed by atoms with Gasteiger partial charge < -0.3 is 0 Å². The van der Waals surface area contributed by atoms with Gasteiger partial charge in [0.1, 0.15) is 5.82 Å². The molecule has 0 fully saturated rings. The van der Waals surface area contributed by atoms with Crippen LogP contribution in [0.25, 0.3) is 0 Å². The van der Waals surface area contributed by atoms with Gasteiger partial charge in [-0.25, -0.2) is 0 Å². The van der Waals surface area contributed by atoms with Gasteiger partial charge in [0, 0.05) is 12.6 Å². The van der Waals surface area contributed by atoms with Gasteiger partial charge in [0.25, 0.3) is 0 Å². The molecule has 6 heteroatoms. The first kappa shape index (κ1) is 11.0. The molecule has 0 N–H and O–H groups in total. The fourth-order valence-electron chi connectivity index (χ4n) is 1.46. The van der Waals surface area contributed by atoms with E-state index in [0.29, 0.717) is 11.8 Å². The summed E-state index contributed by atoms with van der Waals surface area (Å²) in [5.74, 6) is 0.887. The number of rotatable bonds is 4. The Balaban J connectivity index is 2.23. The summed E-state index contributed by atoms with van der Waals surface area (Å²) in [5.41, 5.74) is 0.849. The molecule has 0 bridgehead atoms. The van der Waals surface area contributed by atoms with Crippen LogP contribution in [0.15, 0.2) is 18.3 Å². The molecule has 0 aliphatic carbocycles. The molecular weight excluding hydrogens is 226 g/mol. The lowest BCUT2D eigenvalue weighted by atomic mass is 10.3. The van der Waals surface area contributed by atoms with E-state index in [0.717, 1.165) is 24.4 Å². The number of halogens is 1. The zero-order valence-electron chi connectivity index (χ0n) is 8.97. The summed E-state index contributed by atoms with van der Waals surface area (Å²) in [7, 11) is 0. The summed E-state index contributed by atoms with van der Waals surface area (Å²) >= 11 is 5.97. The van der Waals surface area contributed by atoms with Gasteiger partial charge in [-0.1, -0.05) is 6.92 Å². The van der Waals surface area contributed by atoms with Gasteiger partial charge in [-0.3, -0.25) is 4.57 Å². The number of nitrogens with zero attached hydrogens (tertiary/aromatic N) is 5. The van der Waals surface area contributed by atoms with Crippen LogP contribution in [0.5, 0.6) is 0 Å². The van der Waals surface area contributed by atoms with E-state index >= 15 is 0 Å². The first-order chi connectivity index (χ1) is 7.81. The maximum absolute atomic E-state index is 5.97. The molecule has 84 valence electrons. The monoisotopic (exact) mass is 237 g/mol. The van der Waals surface area contributed by atoms with Crippen LogP contribution in [0.2, 0.25) is 5.28 Å². The minimum absolute atomic E-state index is 0.397. The molecule has 0 atom stereocenters. The third kappa shape index (κ3) is 2.36. The van der Waals surface area contributed by atoms with Crippen LogP contribution in [0.4, 0.5) is 0 Å². The first-order valence-electron chi connectivity index (χ1n) is 5.15. The lowest BCUT2D eigenvalue weighted by molar-refractivity contribution is 0.685. The molecule has 2 aromatic rings. The van der Waals surface area contributed by atoms with Crippen LogP contribution in [0.3, 0.4) is 0 Å². The van der Waals surface area contributed by atoms with E-state index < -0.39 is 0 Å². The highest BCUT2D eigenvalue weighted by atomic mass is 35.5. The van der Waals surface area contributed by atoms with E-state index in [1.165, 1.54) is 0 Å². The minimum Gasteiger partial charge on any atom is -0.296 e. The van der Waals surface area contributed by atoms with Gasteiger partial charge in [-0.2, -0.15) is 10.2 Å². The summed E-state index contributed by atoms with van der Waals surface area (Å²) in [6.07, 6.45) is 3.51. The molecule has 0 unspecified atom stereocenters. The third-order valence-corrected chi connectivity index (χ3v) is 2.48. The molecule has 2 aromatic heterocycles. The average Bonchev–Trinajstić information content (AvgIpc) is 2.64. The van der Waals surface area contributed by atoms with Crippen LogP contribution >= 0.6 is 11.6 Å². The van der Waals surface area contributed by atoms with Crippen LogP contribution in [0.1, 0.15) is 24.9 Å². The van der Waals surface area contributed by atoms with Crippen molar-refractivity contribution in [2.45, 2.75) is 26.3 Å². The van der Waals surface area contributed by atoms with Crippen molar-refractivity contribution < 1.29 is 0 Å². The second kappa shape index (κ2) is 5.03. The van der Waals surface area contributed by atoms with E-state index in [2.05, 4.69) is 27.3 Å². The maximum atomic E-state index is 5.97. The predicted octanol–water partition coefficient (Wildman–Crippen LogP) is 1.72. The SMILES string of the molecule is CCCc1nnc(Cl)n1Cc1cccnn1. The highest BCUT2D eigenvalue weighted by Crippen LogP contribution is 2.11. The largest absolute Gasteiger partial charge is 0.296 e. The zero-order valence-corrected chi connectivity index (χ0v) is 9.72. The molecule has 0 spiro atoms. The Kier molecular flexibility index (Phi) is 3.46. The maximum Gasteiger partial charge on any atom is 0.225 e. The average molecular weight is 238 g/mol. The van der Waals surface area contributed by atoms with Crippen molar-refractivity contribution in [3.05, 3.63) is 35.1 Å². The van der Waals surface area contributed by atoms with Crippen LogP contribution in [0, 0.1) is 0 Å².